The molecule has 0 saturated carbocycles. The minimum atomic E-state index is -0.833. The van der Waals surface area contributed by atoms with Gasteiger partial charge in [0.2, 0.25) is 0 Å². The zero-order chi connectivity index (χ0) is 18.5. The van der Waals surface area contributed by atoms with Crippen LogP contribution >= 0.6 is 0 Å². The van der Waals surface area contributed by atoms with E-state index in [1.165, 1.54) is 0 Å². The van der Waals surface area contributed by atoms with Crippen LogP contribution in [0, 0.1) is 11.8 Å². The van der Waals surface area contributed by atoms with Crippen LogP contribution in [0.2, 0.25) is 0 Å². The quantitative estimate of drug-likeness (QED) is 0.728. The number of hydrogen-bond acceptors (Lipinski definition) is 3. The highest BCUT2D eigenvalue weighted by molar-refractivity contribution is 5.85. The summed E-state index contributed by atoms with van der Waals surface area (Å²) in [7, 11) is 3.21. The van der Waals surface area contributed by atoms with E-state index in [4.69, 9.17) is 14.6 Å². The predicted octanol–water partition coefficient (Wildman–Crippen LogP) is 3.88. The second-order valence-electron chi connectivity index (χ2n) is 5.82. The summed E-state index contributed by atoms with van der Waals surface area (Å²) < 4.78 is 10.5. The van der Waals surface area contributed by atoms with E-state index in [0.29, 0.717) is 11.5 Å². The first kappa shape index (κ1) is 17.4. The highest BCUT2D eigenvalue weighted by Gasteiger charge is 2.03. The second-order valence-corrected chi connectivity index (χ2v) is 5.82. The van der Waals surface area contributed by atoms with Crippen molar-refractivity contribution in [2.45, 2.75) is 6.42 Å². The monoisotopic (exact) mass is 346 g/mol. The highest BCUT2D eigenvalue weighted by atomic mass is 16.5. The van der Waals surface area contributed by atoms with Crippen LogP contribution in [-0.4, -0.2) is 25.3 Å². The van der Waals surface area contributed by atoms with E-state index in [0.717, 1.165) is 27.5 Å². The molecule has 3 aromatic carbocycles. The summed E-state index contributed by atoms with van der Waals surface area (Å²) in [6.45, 7) is 0. The molecule has 0 amide bonds. The molecule has 3 rings (SSSR count). The molecule has 0 unspecified atom stereocenters. The summed E-state index contributed by atoms with van der Waals surface area (Å²) in [5.74, 6) is 6.82. The Morgan fingerprint density at radius 3 is 2.12 bits per heavy atom. The third kappa shape index (κ3) is 4.14. The van der Waals surface area contributed by atoms with Crippen LogP contribution in [0.25, 0.3) is 10.8 Å². The summed E-state index contributed by atoms with van der Waals surface area (Å²) in [6.07, 6.45) is 0.0230. The van der Waals surface area contributed by atoms with Crippen molar-refractivity contribution in [2.24, 2.45) is 0 Å². The molecule has 0 fully saturated rings. The van der Waals surface area contributed by atoms with Gasteiger partial charge in [0.1, 0.15) is 11.5 Å². The molecule has 0 aromatic heterocycles. The lowest BCUT2D eigenvalue weighted by Crippen LogP contribution is -1.99. The molecule has 130 valence electrons. The van der Waals surface area contributed by atoms with E-state index < -0.39 is 5.97 Å². The maximum atomic E-state index is 10.8. The van der Waals surface area contributed by atoms with Crippen LogP contribution in [0.3, 0.4) is 0 Å². The Morgan fingerprint density at radius 1 is 0.846 bits per heavy atom. The fourth-order valence-corrected chi connectivity index (χ4v) is 2.68. The van der Waals surface area contributed by atoms with E-state index >= 15 is 0 Å². The molecular weight excluding hydrogens is 328 g/mol. The maximum absolute atomic E-state index is 10.8. The van der Waals surface area contributed by atoms with Gasteiger partial charge >= 0.3 is 5.97 Å². The lowest BCUT2D eigenvalue weighted by atomic mass is 10.0. The molecule has 1 N–H and O–H groups in total. The van der Waals surface area contributed by atoms with Crippen molar-refractivity contribution in [3.63, 3.8) is 0 Å². The molecule has 3 aromatic rings. The average Bonchev–Trinajstić information content (AvgIpc) is 2.65. The number of carbonyl (C=O) groups is 1. The number of carboxylic acids is 1. The Kier molecular flexibility index (Phi) is 5.09. The SMILES string of the molecule is COc1cc(C#Cc2ccc3cc(CC(=O)O)ccc3c2)cc(OC)c1. The Labute approximate surface area is 152 Å². The van der Waals surface area contributed by atoms with Crippen molar-refractivity contribution >= 4 is 16.7 Å². The highest BCUT2D eigenvalue weighted by Crippen LogP contribution is 2.22. The van der Waals surface area contributed by atoms with E-state index in [1.807, 2.05) is 48.5 Å². The number of methoxy groups -OCH3 is 2. The van der Waals surface area contributed by atoms with Crippen LogP contribution < -0.4 is 9.47 Å². The molecule has 0 aliphatic heterocycles. The fraction of sp³-hybridized carbons (Fsp3) is 0.136. The molecule has 26 heavy (non-hydrogen) atoms. The Hall–Kier alpha value is -3.45. The molecule has 0 saturated heterocycles. The van der Waals surface area contributed by atoms with Gasteiger partial charge in [0.15, 0.2) is 0 Å². The van der Waals surface area contributed by atoms with E-state index in [-0.39, 0.29) is 6.42 Å². The molecule has 0 bridgehead atoms. The summed E-state index contributed by atoms with van der Waals surface area (Å²) in [6, 6.07) is 17.0. The molecule has 4 nitrogen and oxygen atoms in total. The van der Waals surface area contributed by atoms with Crippen molar-refractivity contribution in [1.29, 1.82) is 0 Å². The summed E-state index contributed by atoms with van der Waals surface area (Å²) >= 11 is 0. The smallest absolute Gasteiger partial charge is 0.307 e. The van der Waals surface area contributed by atoms with Crippen molar-refractivity contribution in [3.05, 3.63) is 71.3 Å². The van der Waals surface area contributed by atoms with Crippen LogP contribution in [0.1, 0.15) is 16.7 Å². The van der Waals surface area contributed by atoms with Crippen LogP contribution in [0.4, 0.5) is 0 Å². The molecule has 4 heteroatoms. The van der Waals surface area contributed by atoms with Gasteiger partial charge in [0.05, 0.1) is 20.6 Å². The number of hydrogen-bond donors (Lipinski definition) is 1. The van der Waals surface area contributed by atoms with E-state index in [9.17, 15) is 4.79 Å². The molecule has 0 aliphatic carbocycles. The topological polar surface area (TPSA) is 55.8 Å². The number of fused-ring (bicyclic) bond motifs is 1. The fourth-order valence-electron chi connectivity index (χ4n) is 2.68. The van der Waals surface area contributed by atoms with Crippen LogP contribution in [-0.2, 0) is 11.2 Å². The minimum Gasteiger partial charge on any atom is -0.497 e. The largest absolute Gasteiger partial charge is 0.497 e. The lowest BCUT2D eigenvalue weighted by molar-refractivity contribution is -0.136. The van der Waals surface area contributed by atoms with Crippen molar-refractivity contribution in [2.75, 3.05) is 14.2 Å². The molecule has 0 aliphatic rings. The van der Waals surface area contributed by atoms with Gasteiger partial charge in [0.25, 0.3) is 0 Å². The Morgan fingerprint density at radius 2 is 1.46 bits per heavy atom. The Bertz CT molecular complexity index is 1000. The van der Waals surface area contributed by atoms with Gasteiger partial charge in [0, 0.05) is 17.2 Å². The minimum absolute atomic E-state index is 0.0230. The first-order valence-corrected chi connectivity index (χ1v) is 8.07. The predicted molar refractivity (Wildman–Crippen MR) is 101 cm³/mol. The zero-order valence-corrected chi connectivity index (χ0v) is 14.6. The average molecular weight is 346 g/mol. The first-order valence-electron chi connectivity index (χ1n) is 8.07. The van der Waals surface area contributed by atoms with Gasteiger partial charge in [-0.05, 0) is 40.6 Å². The molecule has 0 heterocycles. The van der Waals surface area contributed by atoms with Gasteiger partial charge in [-0.1, -0.05) is 36.1 Å². The molecule has 0 radical (unpaired) electrons. The van der Waals surface area contributed by atoms with Crippen LogP contribution in [0.5, 0.6) is 11.5 Å². The third-order valence-corrected chi connectivity index (χ3v) is 3.96. The zero-order valence-electron chi connectivity index (χ0n) is 14.6. The van der Waals surface area contributed by atoms with Gasteiger partial charge in [-0.3, -0.25) is 4.79 Å². The Balaban J connectivity index is 1.90. The maximum Gasteiger partial charge on any atom is 0.307 e. The molecule has 0 spiro atoms. The second kappa shape index (κ2) is 7.62. The molecule has 0 atom stereocenters. The summed E-state index contributed by atoms with van der Waals surface area (Å²) in [5, 5.41) is 10.9. The van der Waals surface area contributed by atoms with Gasteiger partial charge in [-0.15, -0.1) is 0 Å². The number of benzene rings is 3. The van der Waals surface area contributed by atoms with Gasteiger partial charge in [-0.2, -0.15) is 0 Å². The summed E-state index contributed by atoms with van der Waals surface area (Å²) in [5.41, 5.74) is 2.47. The number of ether oxygens (including phenoxy) is 2. The van der Waals surface area contributed by atoms with Crippen molar-refractivity contribution < 1.29 is 19.4 Å². The number of rotatable bonds is 4. The van der Waals surface area contributed by atoms with Crippen molar-refractivity contribution in [1.82, 2.24) is 0 Å². The van der Waals surface area contributed by atoms with Crippen molar-refractivity contribution in [3.8, 4) is 23.3 Å². The lowest BCUT2D eigenvalue weighted by Gasteiger charge is -2.04. The number of aliphatic carboxylic acids is 1. The third-order valence-electron chi connectivity index (χ3n) is 3.96. The van der Waals surface area contributed by atoms with E-state index in [1.54, 1.807) is 20.3 Å². The summed E-state index contributed by atoms with van der Waals surface area (Å²) in [4.78, 5) is 10.8. The van der Waals surface area contributed by atoms with Crippen LogP contribution in [0.15, 0.2) is 54.6 Å². The normalized spacial score (nSPS) is 10.1. The van der Waals surface area contributed by atoms with Gasteiger partial charge < -0.3 is 14.6 Å². The van der Waals surface area contributed by atoms with Gasteiger partial charge in [-0.25, -0.2) is 0 Å². The van der Waals surface area contributed by atoms with E-state index in [2.05, 4.69) is 11.8 Å². The molecular formula is C22H18O4. The number of carboxylic acid groups (broad SMARTS) is 1. The first-order chi connectivity index (χ1) is 12.6. The standard InChI is InChI=1S/C22H18O4/c1-25-20-11-17(12-21(14-20)26-2)4-3-15-5-7-19-10-16(13-22(23)24)6-8-18(19)9-15/h5-12,14H,13H2,1-2H3,(H,23,24).